The van der Waals surface area contributed by atoms with Gasteiger partial charge in [0.15, 0.2) is 6.29 Å². The van der Waals surface area contributed by atoms with Gasteiger partial charge in [0, 0.05) is 5.69 Å². The largest absolute Gasteiger partial charge is 0.356 e. The van der Waals surface area contributed by atoms with Crippen LogP contribution in [-0.4, -0.2) is 11.3 Å². The van der Waals surface area contributed by atoms with Crippen molar-refractivity contribution in [2.24, 2.45) is 0 Å². The highest BCUT2D eigenvalue weighted by Crippen LogP contribution is 2.35. The van der Waals surface area contributed by atoms with E-state index in [-0.39, 0.29) is 0 Å². The van der Waals surface area contributed by atoms with Crippen molar-refractivity contribution in [2.75, 3.05) is 0 Å². The van der Waals surface area contributed by atoms with Crippen molar-refractivity contribution >= 4 is 6.29 Å². The Hall–Kier alpha value is -1.05. The molecule has 0 amide bonds. The van der Waals surface area contributed by atoms with Gasteiger partial charge in [-0.25, -0.2) is 0 Å². The van der Waals surface area contributed by atoms with Crippen LogP contribution < -0.4 is 0 Å². The van der Waals surface area contributed by atoms with Crippen LogP contribution in [0.3, 0.4) is 0 Å². The van der Waals surface area contributed by atoms with E-state index in [4.69, 9.17) is 0 Å². The van der Waals surface area contributed by atoms with Gasteiger partial charge >= 0.3 is 0 Å². The fraction of sp³-hybridized carbons (Fsp3) is 0.643. The van der Waals surface area contributed by atoms with E-state index in [0.717, 1.165) is 12.0 Å². The molecule has 16 heavy (non-hydrogen) atoms. The van der Waals surface area contributed by atoms with Gasteiger partial charge in [0.25, 0.3) is 0 Å². The number of rotatable bonds is 3. The number of aromatic amines is 1. The molecule has 1 aromatic rings. The first-order chi connectivity index (χ1) is 7.72. The number of nitrogens with one attached hydrogen (secondary N) is 1. The van der Waals surface area contributed by atoms with Gasteiger partial charge in [-0.3, -0.25) is 4.79 Å². The van der Waals surface area contributed by atoms with Gasteiger partial charge in [0.2, 0.25) is 0 Å². The van der Waals surface area contributed by atoms with Gasteiger partial charge in [0.05, 0.1) is 5.69 Å². The van der Waals surface area contributed by atoms with Crippen LogP contribution in [-0.2, 0) is 0 Å². The molecule has 1 fully saturated rings. The van der Waals surface area contributed by atoms with Crippen LogP contribution in [0.5, 0.6) is 0 Å². The second kappa shape index (κ2) is 4.86. The third kappa shape index (κ3) is 2.21. The van der Waals surface area contributed by atoms with Crippen LogP contribution >= 0.6 is 0 Å². The molecule has 0 saturated heterocycles. The highest BCUT2D eigenvalue weighted by atomic mass is 16.1. The molecular weight excluding hydrogens is 198 g/mol. The highest BCUT2D eigenvalue weighted by molar-refractivity contribution is 5.75. The number of aromatic nitrogens is 1. The van der Waals surface area contributed by atoms with E-state index in [1.165, 1.54) is 43.4 Å². The standard InChI is InChI=1S/C14H21NO/c1-10(2)13-8-12(14(9-16)15-13)11-6-4-3-5-7-11/h8-11,15H,3-7H2,1-2H3. The van der Waals surface area contributed by atoms with Gasteiger partial charge in [-0.1, -0.05) is 33.1 Å². The minimum absolute atomic E-state index is 0.469. The molecule has 2 nitrogen and oxygen atoms in total. The quantitative estimate of drug-likeness (QED) is 0.766. The van der Waals surface area contributed by atoms with Crippen molar-refractivity contribution in [3.8, 4) is 0 Å². The van der Waals surface area contributed by atoms with Crippen LogP contribution in [0.15, 0.2) is 6.07 Å². The van der Waals surface area contributed by atoms with Gasteiger partial charge < -0.3 is 4.98 Å². The summed E-state index contributed by atoms with van der Waals surface area (Å²) in [7, 11) is 0. The molecule has 0 aliphatic heterocycles. The van der Waals surface area contributed by atoms with Crippen LogP contribution in [0.1, 0.15) is 79.5 Å². The summed E-state index contributed by atoms with van der Waals surface area (Å²) >= 11 is 0. The minimum Gasteiger partial charge on any atom is -0.356 e. The molecule has 1 saturated carbocycles. The van der Waals surface area contributed by atoms with E-state index in [2.05, 4.69) is 24.9 Å². The molecule has 0 radical (unpaired) electrons. The first kappa shape index (κ1) is 11.4. The molecule has 0 unspecified atom stereocenters. The van der Waals surface area contributed by atoms with E-state index < -0.39 is 0 Å². The number of carbonyl (C=O) groups excluding carboxylic acids is 1. The summed E-state index contributed by atoms with van der Waals surface area (Å²) in [5, 5.41) is 0. The van der Waals surface area contributed by atoms with Crippen LogP contribution in [0.2, 0.25) is 0 Å². The smallest absolute Gasteiger partial charge is 0.166 e. The van der Waals surface area contributed by atoms with Gasteiger partial charge in [-0.15, -0.1) is 0 Å². The maximum atomic E-state index is 11.1. The van der Waals surface area contributed by atoms with Crippen LogP contribution in [0, 0.1) is 0 Å². The maximum absolute atomic E-state index is 11.1. The molecule has 1 N–H and O–H groups in total. The highest BCUT2D eigenvalue weighted by Gasteiger charge is 2.20. The van der Waals surface area contributed by atoms with Crippen molar-refractivity contribution in [1.29, 1.82) is 0 Å². The Kier molecular flexibility index (Phi) is 3.47. The molecule has 1 aromatic heterocycles. The van der Waals surface area contributed by atoms with Crippen molar-refractivity contribution < 1.29 is 4.79 Å². The Morgan fingerprint density at radius 1 is 1.31 bits per heavy atom. The molecule has 0 spiro atoms. The summed E-state index contributed by atoms with van der Waals surface area (Å²) in [6, 6.07) is 2.21. The normalized spacial score (nSPS) is 17.9. The molecule has 2 heteroatoms. The number of aldehydes is 1. The fourth-order valence-electron chi connectivity index (χ4n) is 2.67. The molecule has 0 aromatic carbocycles. The zero-order valence-electron chi connectivity index (χ0n) is 10.3. The van der Waals surface area contributed by atoms with Crippen molar-refractivity contribution in [1.82, 2.24) is 4.98 Å². The zero-order valence-corrected chi connectivity index (χ0v) is 10.3. The average molecular weight is 219 g/mol. The zero-order chi connectivity index (χ0) is 11.5. The Bertz CT molecular complexity index is 359. The summed E-state index contributed by atoms with van der Waals surface area (Å²) in [6.45, 7) is 4.32. The topological polar surface area (TPSA) is 32.9 Å². The van der Waals surface area contributed by atoms with Crippen molar-refractivity contribution in [3.05, 3.63) is 23.0 Å². The van der Waals surface area contributed by atoms with Crippen LogP contribution in [0.25, 0.3) is 0 Å². The van der Waals surface area contributed by atoms with Gasteiger partial charge in [0.1, 0.15) is 0 Å². The molecule has 1 aliphatic carbocycles. The fourth-order valence-corrected chi connectivity index (χ4v) is 2.67. The van der Waals surface area contributed by atoms with E-state index in [9.17, 15) is 4.79 Å². The predicted molar refractivity (Wildman–Crippen MR) is 66.1 cm³/mol. The van der Waals surface area contributed by atoms with Crippen LogP contribution in [0.4, 0.5) is 0 Å². The Labute approximate surface area is 97.4 Å². The van der Waals surface area contributed by atoms with Crippen molar-refractivity contribution in [2.45, 2.75) is 57.8 Å². The number of carbonyl (C=O) groups is 1. The molecule has 88 valence electrons. The first-order valence-corrected chi connectivity index (χ1v) is 6.40. The molecule has 0 bridgehead atoms. The third-order valence-electron chi connectivity index (χ3n) is 3.69. The van der Waals surface area contributed by atoms with E-state index in [1.54, 1.807) is 0 Å². The van der Waals surface area contributed by atoms with E-state index in [1.807, 2.05) is 0 Å². The summed E-state index contributed by atoms with van der Waals surface area (Å²) in [6.07, 6.45) is 7.45. The summed E-state index contributed by atoms with van der Waals surface area (Å²) in [5.74, 6) is 1.08. The maximum Gasteiger partial charge on any atom is 0.166 e. The van der Waals surface area contributed by atoms with Gasteiger partial charge in [-0.05, 0) is 36.3 Å². The Morgan fingerprint density at radius 2 is 2.00 bits per heavy atom. The monoisotopic (exact) mass is 219 g/mol. The second-order valence-electron chi connectivity index (χ2n) is 5.20. The molecule has 2 rings (SSSR count). The third-order valence-corrected chi connectivity index (χ3v) is 3.69. The van der Waals surface area contributed by atoms with Crippen molar-refractivity contribution in [3.63, 3.8) is 0 Å². The molecular formula is C14H21NO. The van der Waals surface area contributed by atoms with E-state index >= 15 is 0 Å². The Balaban J connectivity index is 2.26. The second-order valence-corrected chi connectivity index (χ2v) is 5.20. The number of H-pyrrole nitrogens is 1. The lowest BCUT2D eigenvalue weighted by molar-refractivity contribution is 0.111. The Morgan fingerprint density at radius 3 is 2.56 bits per heavy atom. The lowest BCUT2D eigenvalue weighted by atomic mass is 9.84. The predicted octanol–water partition coefficient (Wildman–Crippen LogP) is 4.00. The SMILES string of the molecule is CC(C)c1cc(C2CCCCC2)c(C=O)[nH]1. The molecule has 1 heterocycles. The molecule has 1 aliphatic rings. The average Bonchev–Trinajstić information content (AvgIpc) is 2.74. The lowest BCUT2D eigenvalue weighted by Crippen LogP contribution is -2.05. The molecule has 0 atom stereocenters. The minimum atomic E-state index is 0.469. The summed E-state index contributed by atoms with van der Waals surface area (Å²) < 4.78 is 0. The van der Waals surface area contributed by atoms with Gasteiger partial charge in [-0.2, -0.15) is 0 Å². The summed E-state index contributed by atoms with van der Waals surface area (Å²) in [5.41, 5.74) is 3.27. The van der Waals surface area contributed by atoms with E-state index in [0.29, 0.717) is 11.8 Å². The number of hydrogen-bond donors (Lipinski definition) is 1. The first-order valence-electron chi connectivity index (χ1n) is 6.40. The number of hydrogen-bond acceptors (Lipinski definition) is 1. The summed E-state index contributed by atoms with van der Waals surface area (Å²) in [4.78, 5) is 14.3. The lowest BCUT2D eigenvalue weighted by Gasteiger charge is -2.21.